The third-order valence-corrected chi connectivity index (χ3v) is 4.40. The van der Waals surface area contributed by atoms with E-state index in [0.717, 1.165) is 16.8 Å². The first kappa shape index (κ1) is 16.3. The summed E-state index contributed by atoms with van der Waals surface area (Å²) in [5, 5.41) is 1.19. The van der Waals surface area contributed by atoms with Crippen LogP contribution in [0.4, 0.5) is 0 Å². The van der Waals surface area contributed by atoms with E-state index in [-0.39, 0.29) is 5.91 Å². The monoisotopic (exact) mass is 322 g/mol. The minimum atomic E-state index is -0.583. The molecule has 0 spiro atoms. The molecule has 1 amide bonds. The zero-order valence-corrected chi connectivity index (χ0v) is 14.2. The summed E-state index contributed by atoms with van der Waals surface area (Å²) in [4.78, 5) is 17.9. The van der Waals surface area contributed by atoms with E-state index in [9.17, 15) is 4.79 Å². The van der Waals surface area contributed by atoms with Gasteiger partial charge in [0.15, 0.2) is 6.10 Å². The van der Waals surface area contributed by atoms with Gasteiger partial charge in [-0.3, -0.25) is 4.79 Å². The Morgan fingerprint density at radius 1 is 1.12 bits per heavy atom. The number of rotatable bonds is 5. The predicted octanol–water partition coefficient (Wildman–Crippen LogP) is 3.82. The molecule has 0 aliphatic rings. The fourth-order valence-corrected chi connectivity index (χ4v) is 3.02. The summed E-state index contributed by atoms with van der Waals surface area (Å²) >= 11 is 0. The van der Waals surface area contributed by atoms with Crippen molar-refractivity contribution in [3.05, 3.63) is 71.4 Å². The van der Waals surface area contributed by atoms with Crippen LogP contribution in [0.5, 0.6) is 0 Å². The quantitative estimate of drug-likeness (QED) is 0.776. The maximum absolute atomic E-state index is 12.8. The summed E-state index contributed by atoms with van der Waals surface area (Å²) in [6, 6.07) is 17.8. The molecule has 0 saturated carbocycles. The number of nitrogens with one attached hydrogen (secondary N) is 1. The van der Waals surface area contributed by atoms with Crippen molar-refractivity contribution in [3.63, 3.8) is 0 Å². The number of carbonyl (C=O) groups excluding carboxylic acids is 1. The fraction of sp³-hybridized carbons (Fsp3) is 0.250. The van der Waals surface area contributed by atoms with Gasteiger partial charge in [0.05, 0.1) is 6.54 Å². The Labute approximate surface area is 142 Å². The summed E-state index contributed by atoms with van der Waals surface area (Å²) in [6.07, 6.45) is -0.583. The Hall–Kier alpha value is -2.59. The molecule has 1 atom stereocenters. The molecule has 4 heteroatoms. The summed E-state index contributed by atoms with van der Waals surface area (Å²) in [5.41, 5.74) is 4.19. The molecule has 3 rings (SSSR count). The van der Waals surface area contributed by atoms with Gasteiger partial charge in [0.25, 0.3) is 5.91 Å². The number of hydrogen-bond acceptors (Lipinski definition) is 2. The second-order valence-corrected chi connectivity index (χ2v) is 5.99. The summed E-state index contributed by atoms with van der Waals surface area (Å²) in [7, 11) is 3.37. The normalized spacial score (nSPS) is 12.3. The number of benzene rings is 2. The van der Waals surface area contributed by atoms with Crippen molar-refractivity contribution in [3.8, 4) is 0 Å². The SMILES string of the molecule is COC(C(=O)N(C)Cc1[nH]c2ccccc2c1C)c1ccccc1. The molecular weight excluding hydrogens is 300 g/mol. The summed E-state index contributed by atoms with van der Waals surface area (Å²) in [5.74, 6) is -0.0539. The summed E-state index contributed by atoms with van der Waals surface area (Å²) < 4.78 is 5.44. The number of para-hydroxylation sites is 1. The molecular formula is C20H22N2O2. The van der Waals surface area contributed by atoms with Gasteiger partial charge in [0, 0.05) is 30.8 Å². The first-order valence-corrected chi connectivity index (χ1v) is 8.00. The molecule has 0 radical (unpaired) electrons. The van der Waals surface area contributed by atoms with Gasteiger partial charge in [-0.25, -0.2) is 0 Å². The van der Waals surface area contributed by atoms with Crippen LogP contribution in [0.1, 0.15) is 22.9 Å². The smallest absolute Gasteiger partial charge is 0.256 e. The van der Waals surface area contributed by atoms with Crippen molar-refractivity contribution in [1.82, 2.24) is 9.88 Å². The van der Waals surface area contributed by atoms with E-state index in [1.165, 1.54) is 10.9 Å². The topological polar surface area (TPSA) is 45.3 Å². The van der Waals surface area contributed by atoms with Gasteiger partial charge in [-0.15, -0.1) is 0 Å². The minimum Gasteiger partial charge on any atom is -0.367 e. The van der Waals surface area contributed by atoms with Gasteiger partial charge in [0.2, 0.25) is 0 Å². The Morgan fingerprint density at radius 3 is 2.46 bits per heavy atom. The third-order valence-electron chi connectivity index (χ3n) is 4.40. The van der Waals surface area contributed by atoms with Crippen molar-refractivity contribution in [2.45, 2.75) is 19.6 Å². The number of ether oxygens (including phenoxy) is 1. The number of fused-ring (bicyclic) bond motifs is 1. The number of aromatic amines is 1. The molecule has 0 aliphatic heterocycles. The van der Waals surface area contributed by atoms with E-state index in [4.69, 9.17) is 4.74 Å². The van der Waals surface area contributed by atoms with Crippen molar-refractivity contribution >= 4 is 16.8 Å². The van der Waals surface area contributed by atoms with Crippen LogP contribution in [-0.2, 0) is 16.1 Å². The van der Waals surface area contributed by atoms with Crippen molar-refractivity contribution in [2.24, 2.45) is 0 Å². The number of H-pyrrole nitrogens is 1. The van der Waals surface area contributed by atoms with E-state index >= 15 is 0 Å². The van der Waals surface area contributed by atoms with E-state index in [1.807, 2.05) is 49.5 Å². The summed E-state index contributed by atoms with van der Waals surface area (Å²) in [6.45, 7) is 2.60. The Balaban J connectivity index is 1.81. The lowest BCUT2D eigenvalue weighted by Gasteiger charge is -2.23. The molecule has 0 saturated heterocycles. The molecule has 124 valence electrons. The standard InChI is InChI=1S/C20H22N2O2/c1-14-16-11-7-8-12-17(16)21-18(14)13-22(2)20(23)19(24-3)15-9-5-4-6-10-15/h4-12,19,21H,13H2,1-3H3. The fourth-order valence-electron chi connectivity index (χ4n) is 3.02. The lowest BCUT2D eigenvalue weighted by molar-refractivity contribution is -0.141. The number of amides is 1. The number of methoxy groups -OCH3 is 1. The molecule has 1 unspecified atom stereocenters. The van der Waals surface area contributed by atoms with Crippen LogP contribution in [0.25, 0.3) is 10.9 Å². The number of aromatic nitrogens is 1. The molecule has 3 aromatic rings. The third kappa shape index (κ3) is 3.05. The van der Waals surface area contributed by atoms with Crippen molar-refractivity contribution in [1.29, 1.82) is 0 Å². The number of hydrogen-bond donors (Lipinski definition) is 1. The van der Waals surface area contributed by atoms with Crippen LogP contribution in [0.2, 0.25) is 0 Å². The van der Waals surface area contributed by atoms with Crippen LogP contribution in [0.3, 0.4) is 0 Å². The lowest BCUT2D eigenvalue weighted by atomic mass is 10.1. The maximum Gasteiger partial charge on any atom is 0.256 e. The second kappa shape index (κ2) is 6.89. The highest BCUT2D eigenvalue weighted by Crippen LogP contribution is 2.24. The van der Waals surface area contributed by atoms with Gasteiger partial charge in [-0.05, 0) is 24.1 Å². The molecule has 1 N–H and O–H groups in total. The molecule has 2 aromatic carbocycles. The molecule has 1 aromatic heterocycles. The zero-order chi connectivity index (χ0) is 17.1. The van der Waals surface area contributed by atoms with Crippen LogP contribution in [-0.4, -0.2) is 29.9 Å². The van der Waals surface area contributed by atoms with Gasteiger partial charge in [-0.2, -0.15) is 0 Å². The average Bonchev–Trinajstić information content (AvgIpc) is 2.92. The highest BCUT2D eigenvalue weighted by molar-refractivity contribution is 5.85. The maximum atomic E-state index is 12.8. The number of aryl methyl sites for hydroxylation is 1. The Morgan fingerprint density at radius 2 is 1.79 bits per heavy atom. The highest BCUT2D eigenvalue weighted by atomic mass is 16.5. The average molecular weight is 322 g/mol. The van der Waals surface area contributed by atoms with E-state index in [1.54, 1.807) is 12.0 Å². The van der Waals surface area contributed by atoms with Crippen LogP contribution >= 0.6 is 0 Å². The number of carbonyl (C=O) groups is 1. The zero-order valence-electron chi connectivity index (χ0n) is 14.2. The van der Waals surface area contributed by atoms with Gasteiger partial charge in [-0.1, -0.05) is 48.5 Å². The van der Waals surface area contributed by atoms with Crippen LogP contribution < -0.4 is 0 Å². The molecule has 0 fully saturated rings. The molecule has 0 bridgehead atoms. The van der Waals surface area contributed by atoms with Crippen molar-refractivity contribution < 1.29 is 9.53 Å². The molecule has 0 aliphatic carbocycles. The Bertz CT molecular complexity index is 839. The lowest BCUT2D eigenvalue weighted by Crippen LogP contribution is -2.32. The van der Waals surface area contributed by atoms with E-state index in [0.29, 0.717) is 6.54 Å². The van der Waals surface area contributed by atoms with Crippen LogP contribution in [0, 0.1) is 6.92 Å². The molecule has 24 heavy (non-hydrogen) atoms. The van der Waals surface area contributed by atoms with Gasteiger partial charge in [0.1, 0.15) is 0 Å². The van der Waals surface area contributed by atoms with Crippen molar-refractivity contribution in [2.75, 3.05) is 14.2 Å². The predicted molar refractivity (Wildman–Crippen MR) is 95.7 cm³/mol. The van der Waals surface area contributed by atoms with E-state index < -0.39 is 6.10 Å². The first-order valence-electron chi connectivity index (χ1n) is 8.00. The number of nitrogens with zero attached hydrogens (tertiary/aromatic N) is 1. The Kier molecular flexibility index (Phi) is 4.67. The largest absolute Gasteiger partial charge is 0.367 e. The second-order valence-electron chi connectivity index (χ2n) is 5.99. The highest BCUT2D eigenvalue weighted by Gasteiger charge is 2.24. The van der Waals surface area contributed by atoms with E-state index in [2.05, 4.69) is 24.0 Å². The molecule has 4 nitrogen and oxygen atoms in total. The van der Waals surface area contributed by atoms with Gasteiger partial charge >= 0.3 is 0 Å². The number of likely N-dealkylation sites (N-methyl/N-ethyl adjacent to an activating group) is 1. The van der Waals surface area contributed by atoms with Gasteiger partial charge < -0.3 is 14.6 Å². The van der Waals surface area contributed by atoms with Crippen LogP contribution in [0.15, 0.2) is 54.6 Å². The first-order chi connectivity index (χ1) is 11.6. The minimum absolute atomic E-state index is 0.0539. The molecule has 1 heterocycles.